The molecule has 1 rings (SSSR count). The van der Waals surface area contributed by atoms with Crippen LogP contribution in [0.15, 0.2) is 18.2 Å². The molecule has 6 nitrogen and oxygen atoms in total. The first kappa shape index (κ1) is 18.4. The van der Waals surface area contributed by atoms with Crippen molar-refractivity contribution < 1.29 is 14.6 Å². The number of aliphatic hydroxyl groups is 1. The zero-order valence-electron chi connectivity index (χ0n) is 12.3. The monoisotopic (exact) mass is 283 g/mol. The van der Waals surface area contributed by atoms with E-state index in [4.69, 9.17) is 21.3 Å². The number of carbonyl (C=O) groups excluding carboxylic acids is 1. The van der Waals surface area contributed by atoms with Crippen molar-refractivity contribution in [1.82, 2.24) is 0 Å². The van der Waals surface area contributed by atoms with Gasteiger partial charge in [0.2, 0.25) is 5.91 Å². The molecule has 0 saturated heterocycles. The van der Waals surface area contributed by atoms with Crippen LogP contribution in [-0.4, -0.2) is 36.3 Å². The number of amides is 1. The zero-order valence-corrected chi connectivity index (χ0v) is 12.3. The van der Waals surface area contributed by atoms with Crippen LogP contribution in [0.4, 0.5) is 0 Å². The predicted octanol–water partition coefficient (Wildman–Crippen LogP) is -0.179. The van der Waals surface area contributed by atoms with E-state index in [0.717, 1.165) is 5.75 Å². The maximum atomic E-state index is 9.87. The third-order valence-electron chi connectivity index (χ3n) is 2.46. The number of aryl methyl sites for hydroxylation is 2. The number of nitrogens with two attached hydrogens (primary N) is 3. The van der Waals surface area contributed by atoms with Crippen molar-refractivity contribution in [2.75, 3.05) is 13.2 Å². The van der Waals surface area contributed by atoms with E-state index in [-0.39, 0.29) is 12.6 Å². The maximum Gasteiger partial charge on any atom is 0.236 e. The van der Waals surface area contributed by atoms with Crippen molar-refractivity contribution in [2.24, 2.45) is 17.2 Å². The highest BCUT2D eigenvalue weighted by atomic mass is 16.5. The van der Waals surface area contributed by atoms with Gasteiger partial charge >= 0.3 is 0 Å². The predicted molar refractivity (Wildman–Crippen MR) is 79.3 cm³/mol. The van der Waals surface area contributed by atoms with Crippen LogP contribution in [0, 0.1) is 13.8 Å². The Hall–Kier alpha value is -1.63. The van der Waals surface area contributed by atoms with Crippen molar-refractivity contribution in [3.8, 4) is 5.75 Å². The fourth-order valence-corrected chi connectivity index (χ4v) is 1.33. The van der Waals surface area contributed by atoms with E-state index in [2.05, 4.69) is 5.73 Å². The summed E-state index contributed by atoms with van der Waals surface area (Å²) in [6, 6.07) is 5.30. The summed E-state index contributed by atoms with van der Waals surface area (Å²) in [7, 11) is 0. The fraction of sp³-hybridized carbons (Fsp3) is 0.500. The minimum Gasteiger partial charge on any atom is -0.491 e. The lowest BCUT2D eigenvalue weighted by Crippen LogP contribution is -2.39. The Kier molecular flexibility index (Phi) is 8.54. The molecule has 2 atom stereocenters. The molecule has 1 aromatic carbocycles. The first-order valence-corrected chi connectivity index (χ1v) is 6.40. The topological polar surface area (TPSA) is 125 Å². The van der Waals surface area contributed by atoms with Gasteiger partial charge < -0.3 is 27.0 Å². The van der Waals surface area contributed by atoms with Crippen LogP contribution < -0.4 is 21.9 Å². The number of hydrogen-bond donors (Lipinski definition) is 4. The Labute approximate surface area is 119 Å². The lowest BCUT2D eigenvalue weighted by molar-refractivity contribution is -0.120. The molecule has 0 aliphatic rings. The van der Waals surface area contributed by atoms with Gasteiger partial charge in [-0.25, -0.2) is 0 Å². The summed E-state index contributed by atoms with van der Waals surface area (Å²) < 4.78 is 5.60. The quantitative estimate of drug-likeness (QED) is 0.596. The second kappa shape index (κ2) is 9.30. The van der Waals surface area contributed by atoms with Gasteiger partial charge in [-0.15, -0.1) is 0 Å². The second-order valence-electron chi connectivity index (χ2n) is 4.70. The summed E-state index contributed by atoms with van der Waals surface area (Å²) >= 11 is 0. The Morgan fingerprint density at radius 2 is 1.80 bits per heavy atom. The average Bonchev–Trinajstić information content (AvgIpc) is 2.37. The van der Waals surface area contributed by atoms with Crippen LogP contribution in [0.25, 0.3) is 0 Å². The number of carbonyl (C=O) groups is 1. The third kappa shape index (κ3) is 7.08. The Morgan fingerprint density at radius 1 is 1.30 bits per heavy atom. The summed E-state index contributed by atoms with van der Waals surface area (Å²) in [5, 5.41) is 8.08. The average molecular weight is 283 g/mol. The van der Waals surface area contributed by atoms with Crippen LogP contribution in [0.1, 0.15) is 18.1 Å². The minimum atomic E-state index is -0.903. The molecule has 0 aliphatic carbocycles. The van der Waals surface area contributed by atoms with E-state index in [1.54, 1.807) is 0 Å². The van der Waals surface area contributed by atoms with E-state index in [1.165, 1.54) is 11.1 Å². The van der Waals surface area contributed by atoms with Crippen LogP contribution in [-0.2, 0) is 4.79 Å². The van der Waals surface area contributed by atoms with Gasteiger partial charge in [0.15, 0.2) is 0 Å². The van der Waals surface area contributed by atoms with Gasteiger partial charge in [0.1, 0.15) is 18.4 Å². The Balaban J connectivity index is 0.000000441. The molecule has 0 radical (unpaired) electrons. The smallest absolute Gasteiger partial charge is 0.236 e. The van der Waals surface area contributed by atoms with Gasteiger partial charge in [-0.05, 0) is 31.9 Å². The molecule has 20 heavy (non-hydrogen) atoms. The maximum absolute atomic E-state index is 9.87. The van der Waals surface area contributed by atoms with Crippen molar-refractivity contribution in [2.45, 2.75) is 32.9 Å². The Morgan fingerprint density at radius 3 is 2.10 bits per heavy atom. The van der Waals surface area contributed by atoms with E-state index < -0.39 is 11.9 Å². The third-order valence-corrected chi connectivity index (χ3v) is 2.46. The van der Waals surface area contributed by atoms with Crippen molar-refractivity contribution in [1.29, 1.82) is 0 Å². The van der Waals surface area contributed by atoms with Crippen LogP contribution >= 0.6 is 0 Å². The molecule has 0 heterocycles. The molecule has 2 unspecified atom stereocenters. The molecule has 1 amide bonds. The summed E-state index contributed by atoms with van der Waals surface area (Å²) in [4.78, 5) is 9.87. The standard InChI is InChI=1S/C11H17NO.C3H8N2O2/c1-8-5-4-6-9(2)11(8)13-7-10(3)12;4-2(1-6)3(5)7/h4-6,10H,7,12H2,1-3H3;2,6H,1,4H2,(H2,5,7). The Bertz CT molecular complexity index is 402. The van der Waals surface area contributed by atoms with Crippen molar-refractivity contribution in [3.05, 3.63) is 29.3 Å². The SMILES string of the molecule is Cc1cccc(C)c1OCC(C)N.NC(=O)C(N)CO. The molecule has 0 saturated carbocycles. The number of ether oxygens (including phenoxy) is 1. The molecule has 0 spiro atoms. The number of hydrogen-bond acceptors (Lipinski definition) is 5. The molecule has 0 aliphatic heterocycles. The molecule has 0 aromatic heterocycles. The van der Waals surface area contributed by atoms with Crippen molar-refractivity contribution in [3.63, 3.8) is 0 Å². The first-order chi connectivity index (χ1) is 9.29. The highest BCUT2D eigenvalue weighted by Crippen LogP contribution is 2.22. The van der Waals surface area contributed by atoms with Crippen LogP contribution in [0.5, 0.6) is 5.75 Å². The molecule has 0 fully saturated rings. The molecule has 1 aromatic rings. The minimum absolute atomic E-state index is 0.0824. The van der Waals surface area contributed by atoms with Gasteiger partial charge in [-0.3, -0.25) is 4.79 Å². The van der Waals surface area contributed by atoms with E-state index >= 15 is 0 Å². The molecule has 114 valence electrons. The number of primary amides is 1. The number of rotatable bonds is 5. The zero-order chi connectivity index (χ0) is 15.7. The van der Waals surface area contributed by atoms with Crippen molar-refractivity contribution >= 4 is 5.91 Å². The number of aliphatic hydroxyl groups excluding tert-OH is 1. The van der Waals surface area contributed by atoms with E-state index in [1.807, 2.05) is 39.0 Å². The summed E-state index contributed by atoms with van der Waals surface area (Å²) in [6.45, 7) is 6.22. The van der Waals surface area contributed by atoms with Gasteiger partial charge in [0, 0.05) is 6.04 Å². The number of benzene rings is 1. The van der Waals surface area contributed by atoms with Gasteiger partial charge in [0.25, 0.3) is 0 Å². The van der Waals surface area contributed by atoms with Crippen LogP contribution in [0.2, 0.25) is 0 Å². The van der Waals surface area contributed by atoms with Gasteiger partial charge in [-0.2, -0.15) is 0 Å². The molecule has 6 heteroatoms. The largest absolute Gasteiger partial charge is 0.491 e. The van der Waals surface area contributed by atoms with Gasteiger partial charge in [0.05, 0.1) is 6.61 Å². The van der Waals surface area contributed by atoms with E-state index in [9.17, 15) is 4.79 Å². The second-order valence-corrected chi connectivity index (χ2v) is 4.70. The fourth-order valence-electron chi connectivity index (χ4n) is 1.33. The van der Waals surface area contributed by atoms with E-state index in [0.29, 0.717) is 6.61 Å². The highest BCUT2D eigenvalue weighted by Gasteiger charge is 2.04. The lowest BCUT2D eigenvalue weighted by atomic mass is 10.1. The molecular weight excluding hydrogens is 258 g/mol. The molecular formula is C14H25N3O3. The summed E-state index contributed by atoms with van der Waals surface area (Å²) in [6.07, 6.45) is 0. The lowest BCUT2D eigenvalue weighted by Gasteiger charge is -2.13. The van der Waals surface area contributed by atoms with Gasteiger partial charge in [-0.1, -0.05) is 18.2 Å². The first-order valence-electron chi connectivity index (χ1n) is 6.40. The molecule has 7 N–H and O–H groups in total. The normalized spacial score (nSPS) is 12.9. The summed E-state index contributed by atoms with van der Waals surface area (Å²) in [5.41, 5.74) is 17.5. The van der Waals surface area contributed by atoms with Crippen LogP contribution in [0.3, 0.4) is 0 Å². The summed E-state index contributed by atoms with van der Waals surface area (Å²) in [5.74, 6) is 0.294. The number of para-hydroxylation sites is 1. The molecule has 0 bridgehead atoms. The highest BCUT2D eigenvalue weighted by molar-refractivity contribution is 5.79.